The Morgan fingerprint density at radius 2 is 2.00 bits per heavy atom. The topological polar surface area (TPSA) is 82.8 Å². The molecule has 1 aliphatic heterocycles. The Bertz CT molecular complexity index is 940. The number of likely N-dealkylation sites (tertiary alicyclic amines) is 1. The fraction of sp³-hybridized carbons (Fsp3) is 0.417. The molecule has 158 valence electrons. The van der Waals surface area contributed by atoms with E-state index >= 15 is 0 Å². The highest BCUT2D eigenvalue weighted by Gasteiger charge is 2.36. The number of aliphatic hydroxyl groups is 1. The van der Waals surface area contributed by atoms with Crippen molar-refractivity contribution in [2.24, 2.45) is 11.8 Å². The number of nitrogens with zero attached hydrogens (tertiary/aromatic N) is 1. The van der Waals surface area contributed by atoms with Crippen LogP contribution in [0.4, 0.5) is 5.69 Å². The fourth-order valence-electron chi connectivity index (χ4n) is 3.95. The van der Waals surface area contributed by atoms with Crippen LogP contribution in [-0.2, 0) is 4.79 Å². The molecule has 6 nitrogen and oxygen atoms in total. The van der Waals surface area contributed by atoms with Crippen LogP contribution < -0.4 is 5.32 Å². The minimum absolute atomic E-state index is 0.0459. The molecule has 2 atom stereocenters. The lowest BCUT2D eigenvalue weighted by molar-refractivity contribution is -0.111. The van der Waals surface area contributed by atoms with Gasteiger partial charge < -0.3 is 19.7 Å². The summed E-state index contributed by atoms with van der Waals surface area (Å²) in [6, 6.07) is 10.8. The second-order valence-electron chi connectivity index (χ2n) is 8.38. The van der Waals surface area contributed by atoms with Crippen molar-refractivity contribution in [1.82, 2.24) is 4.90 Å². The van der Waals surface area contributed by atoms with Crippen LogP contribution in [0.15, 0.2) is 46.9 Å². The van der Waals surface area contributed by atoms with E-state index in [4.69, 9.17) is 4.42 Å². The molecule has 0 radical (unpaired) electrons. The number of amides is 2. The van der Waals surface area contributed by atoms with E-state index in [1.807, 2.05) is 17.0 Å². The number of rotatable bonds is 6. The van der Waals surface area contributed by atoms with Crippen molar-refractivity contribution in [3.05, 3.63) is 59.6 Å². The largest absolute Gasteiger partial charge is 0.461 e. The number of hydrogen-bond donors (Lipinski definition) is 2. The summed E-state index contributed by atoms with van der Waals surface area (Å²) < 4.78 is 5.78. The Hall–Kier alpha value is -2.86. The number of furan rings is 1. The van der Waals surface area contributed by atoms with E-state index in [1.54, 1.807) is 30.3 Å². The number of aliphatic hydroxyl groups excluding tert-OH is 1. The van der Waals surface area contributed by atoms with Gasteiger partial charge in [-0.15, -0.1) is 0 Å². The van der Waals surface area contributed by atoms with Gasteiger partial charge in [0.15, 0.2) is 0 Å². The fourth-order valence-corrected chi connectivity index (χ4v) is 3.95. The highest BCUT2D eigenvalue weighted by Crippen LogP contribution is 2.47. The predicted molar refractivity (Wildman–Crippen MR) is 115 cm³/mol. The summed E-state index contributed by atoms with van der Waals surface area (Å²) in [6.45, 7) is 3.67. The van der Waals surface area contributed by atoms with Gasteiger partial charge in [0, 0.05) is 42.9 Å². The number of carbonyl (C=O) groups excluding carboxylic acids is 2. The first-order valence-corrected chi connectivity index (χ1v) is 10.6. The first-order valence-electron chi connectivity index (χ1n) is 10.6. The van der Waals surface area contributed by atoms with Crippen LogP contribution in [0.5, 0.6) is 0 Å². The van der Waals surface area contributed by atoms with E-state index in [2.05, 4.69) is 12.2 Å². The average molecular weight is 408 g/mol. The van der Waals surface area contributed by atoms with Gasteiger partial charge in [0.05, 0.1) is 0 Å². The molecule has 1 aliphatic carbocycles. The number of nitrogens with one attached hydrogen (secondary N) is 1. The summed E-state index contributed by atoms with van der Waals surface area (Å²) >= 11 is 0. The maximum Gasteiger partial charge on any atom is 0.253 e. The quantitative estimate of drug-likeness (QED) is 0.710. The van der Waals surface area contributed by atoms with Crippen LogP contribution in [0.25, 0.3) is 6.08 Å². The number of piperidine rings is 1. The molecule has 1 aromatic heterocycles. The Labute approximate surface area is 176 Å². The lowest BCUT2D eigenvalue weighted by Crippen LogP contribution is -2.39. The van der Waals surface area contributed by atoms with Gasteiger partial charge in [-0.25, -0.2) is 0 Å². The van der Waals surface area contributed by atoms with Crippen LogP contribution in [0.1, 0.15) is 54.0 Å². The molecule has 2 N–H and O–H groups in total. The van der Waals surface area contributed by atoms with Gasteiger partial charge in [-0.3, -0.25) is 9.59 Å². The SMILES string of the molecule is CC1CC1c1ccc(/C=C/C(=O)Nc2cccc(C(=O)N3CCC(CO)CC3)c2)o1. The van der Waals surface area contributed by atoms with Crippen LogP contribution in [0, 0.1) is 11.8 Å². The summed E-state index contributed by atoms with van der Waals surface area (Å²) in [5.74, 6) is 2.79. The summed E-state index contributed by atoms with van der Waals surface area (Å²) in [5.41, 5.74) is 1.13. The zero-order chi connectivity index (χ0) is 21.1. The lowest BCUT2D eigenvalue weighted by atomic mass is 9.97. The van der Waals surface area contributed by atoms with Gasteiger partial charge in [-0.05, 0) is 67.5 Å². The molecule has 2 fully saturated rings. The monoisotopic (exact) mass is 408 g/mol. The third-order valence-corrected chi connectivity index (χ3v) is 6.06. The lowest BCUT2D eigenvalue weighted by Gasteiger charge is -2.31. The van der Waals surface area contributed by atoms with Gasteiger partial charge >= 0.3 is 0 Å². The normalized spacial score (nSPS) is 21.7. The Morgan fingerprint density at radius 1 is 1.23 bits per heavy atom. The predicted octanol–water partition coefficient (Wildman–Crippen LogP) is 3.90. The maximum absolute atomic E-state index is 12.8. The first-order chi connectivity index (χ1) is 14.5. The van der Waals surface area contributed by atoms with Gasteiger partial charge in [-0.1, -0.05) is 13.0 Å². The highest BCUT2D eigenvalue weighted by atomic mass is 16.3. The van der Waals surface area contributed by atoms with Crippen LogP contribution in [0.2, 0.25) is 0 Å². The maximum atomic E-state index is 12.8. The molecule has 2 heterocycles. The minimum Gasteiger partial charge on any atom is -0.461 e. The molecule has 0 bridgehead atoms. The molecule has 2 aliphatic rings. The van der Waals surface area contributed by atoms with Crippen molar-refractivity contribution in [3.63, 3.8) is 0 Å². The van der Waals surface area contributed by atoms with Gasteiger partial charge in [-0.2, -0.15) is 0 Å². The highest BCUT2D eigenvalue weighted by molar-refractivity contribution is 6.03. The number of anilines is 1. The van der Waals surface area contributed by atoms with E-state index < -0.39 is 0 Å². The molecule has 30 heavy (non-hydrogen) atoms. The summed E-state index contributed by atoms with van der Waals surface area (Å²) in [5, 5.41) is 12.1. The Kier molecular flexibility index (Phi) is 6.04. The Balaban J connectivity index is 1.34. The first kappa shape index (κ1) is 20.4. The van der Waals surface area contributed by atoms with E-state index in [0.717, 1.165) is 25.0 Å². The average Bonchev–Trinajstić information content (AvgIpc) is 3.31. The summed E-state index contributed by atoms with van der Waals surface area (Å²) in [7, 11) is 0. The summed E-state index contributed by atoms with van der Waals surface area (Å²) in [4.78, 5) is 26.8. The molecular formula is C24H28N2O4. The van der Waals surface area contributed by atoms with E-state index in [1.165, 1.54) is 6.08 Å². The van der Waals surface area contributed by atoms with Crippen molar-refractivity contribution < 1.29 is 19.1 Å². The minimum atomic E-state index is -0.277. The van der Waals surface area contributed by atoms with Crippen LogP contribution >= 0.6 is 0 Å². The number of benzene rings is 1. The van der Waals surface area contributed by atoms with Crippen molar-refractivity contribution in [2.75, 3.05) is 25.0 Å². The van der Waals surface area contributed by atoms with Gasteiger partial charge in [0.1, 0.15) is 11.5 Å². The molecule has 6 heteroatoms. The zero-order valence-corrected chi connectivity index (χ0v) is 17.2. The standard InChI is InChI=1S/C24H28N2O4/c1-16-13-21(16)22-7-5-20(30-22)6-8-23(28)25-19-4-2-3-18(14-19)24(29)26-11-9-17(15-27)10-12-26/h2-8,14,16-17,21,27H,9-13,15H2,1H3,(H,25,28)/b8-6+. The third kappa shape index (κ3) is 4.82. The second kappa shape index (κ2) is 8.88. The Morgan fingerprint density at radius 3 is 2.70 bits per heavy atom. The number of hydrogen-bond acceptors (Lipinski definition) is 4. The summed E-state index contributed by atoms with van der Waals surface area (Å²) in [6.07, 6.45) is 5.89. The third-order valence-electron chi connectivity index (χ3n) is 6.06. The second-order valence-corrected chi connectivity index (χ2v) is 8.38. The van der Waals surface area contributed by atoms with Gasteiger partial charge in [0.25, 0.3) is 5.91 Å². The molecule has 2 amide bonds. The molecule has 4 rings (SSSR count). The van der Waals surface area contributed by atoms with Crippen molar-refractivity contribution in [2.45, 2.75) is 32.1 Å². The van der Waals surface area contributed by atoms with E-state index in [0.29, 0.717) is 41.9 Å². The van der Waals surface area contributed by atoms with Crippen LogP contribution in [-0.4, -0.2) is 41.5 Å². The number of carbonyl (C=O) groups is 2. The van der Waals surface area contributed by atoms with Crippen molar-refractivity contribution in [1.29, 1.82) is 0 Å². The van der Waals surface area contributed by atoms with Crippen molar-refractivity contribution >= 4 is 23.6 Å². The smallest absolute Gasteiger partial charge is 0.253 e. The molecule has 1 saturated carbocycles. The molecule has 2 aromatic rings. The van der Waals surface area contributed by atoms with E-state index in [-0.39, 0.29) is 24.3 Å². The van der Waals surface area contributed by atoms with Crippen molar-refractivity contribution in [3.8, 4) is 0 Å². The molecule has 2 unspecified atom stereocenters. The van der Waals surface area contributed by atoms with Crippen LogP contribution in [0.3, 0.4) is 0 Å². The molecule has 1 saturated heterocycles. The molecular weight excluding hydrogens is 380 g/mol. The van der Waals surface area contributed by atoms with Gasteiger partial charge in [0.2, 0.25) is 5.91 Å². The zero-order valence-electron chi connectivity index (χ0n) is 17.2. The molecule has 0 spiro atoms. The molecule has 1 aromatic carbocycles. The van der Waals surface area contributed by atoms with E-state index in [9.17, 15) is 14.7 Å².